The summed E-state index contributed by atoms with van der Waals surface area (Å²) in [5, 5.41) is 5.98. The van der Waals surface area contributed by atoms with E-state index in [4.69, 9.17) is 9.47 Å². The van der Waals surface area contributed by atoms with Crippen molar-refractivity contribution in [1.29, 1.82) is 0 Å². The molecule has 2 aromatic carbocycles. The van der Waals surface area contributed by atoms with Crippen molar-refractivity contribution in [2.45, 2.75) is 13.8 Å². The lowest BCUT2D eigenvalue weighted by Crippen LogP contribution is -2.15. The first-order valence-corrected chi connectivity index (χ1v) is 8.70. The number of anilines is 3. The molecule has 3 rings (SSSR count). The van der Waals surface area contributed by atoms with Gasteiger partial charge >= 0.3 is 0 Å². The van der Waals surface area contributed by atoms with Crippen LogP contribution >= 0.6 is 0 Å². The second-order valence-corrected chi connectivity index (χ2v) is 6.25. The van der Waals surface area contributed by atoms with Crippen LogP contribution in [-0.4, -0.2) is 30.1 Å². The van der Waals surface area contributed by atoms with E-state index in [-0.39, 0.29) is 5.69 Å². The van der Waals surface area contributed by atoms with Crippen LogP contribution in [-0.2, 0) is 0 Å². The van der Waals surface area contributed by atoms with Crippen molar-refractivity contribution in [3.05, 3.63) is 65.6 Å². The number of rotatable bonds is 6. The molecule has 0 aliphatic heterocycles. The minimum Gasteiger partial charge on any atom is -0.497 e. The van der Waals surface area contributed by atoms with Gasteiger partial charge in [-0.25, -0.2) is 9.97 Å². The van der Waals surface area contributed by atoms with Crippen molar-refractivity contribution >= 4 is 23.1 Å². The molecule has 0 atom stereocenters. The summed E-state index contributed by atoms with van der Waals surface area (Å²) in [6.07, 6.45) is 2.95. The number of hydrogen-bond donors (Lipinski definition) is 2. The molecule has 1 amide bonds. The number of methoxy groups -OCH3 is 2. The van der Waals surface area contributed by atoms with Crippen LogP contribution in [0.5, 0.6) is 11.5 Å². The molecule has 144 valence electrons. The van der Waals surface area contributed by atoms with Crippen molar-refractivity contribution in [1.82, 2.24) is 9.97 Å². The van der Waals surface area contributed by atoms with Crippen LogP contribution in [0.25, 0.3) is 0 Å². The molecule has 7 heteroatoms. The first kappa shape index (κ1) is 19.2. The fourth-order valence-electron chi connectivity index (χ4n) is 2.70. The van der Waals surface area contributed by atoms with Gasteiger partial charge in [0.2, 0.25) is 0 Å². The lowest BCUT2D eigenvalue weighted by molar-refractivity contribution is 0.102. The zero-order valence-corrected chi connectivity index (χ0v) is 16.2. The number of amides is 1. The largest absolute Gasteiger partial charge is 0.497 e. The minimum absolute atomic E-state index is 0.191. The van der Waals surface area contributed by atoms with E-state index in [2.05, 4.69) is 26.7 Å². The Labute approximate surface area is 163 Å². The van der Waals surface area contributed by atoms with E-state index in [0.29, 0.717) is 23.0 Å². The van der Waals surface area contributed by atoms with E-state index >= 15 is 0 Å². The highest BCUT2D eigenvalue weighted by Crippen LogP contribution is 2.29. The fourth-order valence-corrected chi connectivity index (χ4v) is 2.70. The summed E-state index contributed by atoms with van der Waals surface area (Å²) in [5.41, 5.74) is 3.92. The Hall–Kier alpha value is -3.61. The summed E-state index contributed by atoms with van der Waals surface area (Å²) >= 11 is 0. The first-order chi connectivity index (χ1) is 13.5. The molecular weight excluding hydrogens is 356 g/mol. The van der Waals surface area contributed by atoms with Gasteiger partial charge in [0.05, 0.1) is 32.3 Å². The highest BCUT2D eigenvalue weighted by Gasteiger charge is 2.13. The highest BCUT2D eigenvalue weighted by atomic mass is 16.5. The average Bonchev–Trinajstić information content (AvgIpc) is 2.70. The van der Waals surface area contributed by atoms with Crippen LogP contribution < -0.4 is 20.1 Å². The Morgan fingerprint density at radius 2 is 1.75 bits per heavy atom. The number of carbonyl (C=O) groups excluding carboxylic acids is 1. The van der Waals surface area contributed by atoms with Crippen LogP contribution in [0.4, 0.5) is 17.2 Å². The number of ether oxygens (including phenoxy) is 2. The summed E-state index contributed by atoms with van der Waals surface area (Å²) in [4.78, 5) is 21.0. The van der Waals surface area contributed by atoms with Gasteiger partial charge in [-0.05, 0) is 37.6 Å². The fraction of sp³-hybridized carbons (Fsp3) is 0.190. The molecule has 0 saturated carbocycles. The zero-order chi connectivity index (χ0) is 20.1. The maximum atomic E-state index is 12.5. The summed E-state index contributed by atoms with van der Waals surface area (Å²) in [7, 11) is 3.09. The van der Waals surface area contributed by atoms with Crippen LogP contribution in [0.2, 0.25) is 0 Å². The number of hydrogen-bond acceptors (Lipinski definition) is 6. The third kappa shape index (κ3) is 4.37. The van der Waals surface area contributed by atoms with Crippen LogP contribution in [0, 0.1) is 13.8 Å². The average molecular weight is 378 g/mol. The van der Waals surface area contributed by atoms with E-state index in [0.717, 1.165) is 11.3 Å². The molecular formula is C21H22N4O3. The van der Waals surface area contributed by atoms with Gasteiger partial charge < -0.3 is 20.1 Å². The molecule has 0 bridgehead atoms. The minimum atomic E-state index is -0.392. The molecule has 0 unspecified atom stereocenters. The number of aromatic nitrogens is 2. The molecule has 3 aromatic rings. The lowest BCUT2D eigenvalue weighted by Gasteiger charge is -2.12. The number of nitrogens with one attached hydrogen (secondary N) is 2. The van der Waals surface area contributed by atoms with Crippen molar-refractivity contribution in [3.63, 3.8) is 0 Å². The van der Waals surface area contributed by atoms with Gasteiger partial charge in [0, 0.05) is 11.8 Å². The Morgan fingerprint density at radius 1 is 0.929 bits per heavy atom. The number of carbonyl (C=O) groups is 1. The summed E-state index contributed by atoms with van der Waals surface area (Å²) in [6, 6.07) is 11.2. The molecule has 0 fully saturated rings. The number of nitrogens with zero attached hydrogens (tertiary/aromatic N) is 2. The second-order valence-electron chi connectivity index (χ2n) is 6.25. The Kier molecular flexibility index (Phi) is 5.74. The van der Waals surface area contributed by atoms with Gasteiger partial charge in [0.25, 0.3) is 5.91 Å². The molecule has 28 heavy (non-hydrogen) atoms. The predicted octanol–water partition coefficient (Wildman–Crippen LogP) is 4.11. The first-order valence-electron chi connectivity index (χ1n) is 8.70. The maximum Gasteiger partial charge on any atom is 0.275 e. The maximum absolute atomic E-state index is 12.5. The quantitative estimate of drug-likeness (QED) is 0.671. The van der Waals surface area contributed by atoms with Gasteiger partial charge in [0.15, 0.2) is 0 Å². The van der Waals surface area contributed by atoms with Gasteiger partial charge in [0.1, 0.15) is 23.0 Å². The van der Waals surface area contributed by atoms with E-state index in [1.165, 1.54) is 25.1 Å². The molecule has 1 aromatic heterocycles. The molecule has 1 heterocycles. The highest BCUT2D eigenvalue weighted by molar-refractivity contribution is 6.03. The Morgan fingerprint density at radius 3 is 2.39 bits per heavy atom. The third-order valence-electron chi connectivity index (χ3n) is 4.18. The molecule has 0 aliphatic carbocycles. The zero-order valence-electron chi connectivity index (χ0n) is 16.2. The van der Waals surface area contributed by atoms with Gasteiger partial charge in [-0.1, -0.05) is 17.7 Å². The number of benzene rings is 2. The predicted molar refractivity (Wildman–Crippen MR) is 109 cm³/mol. The monoisotopic (exact) mass is 378 g/mol. The standard InChI is InChI=1S/C21H22N4O3/c1-13-5-7-16(14(2)9-13)24-20-12-22-18(11-23-20)21(26)25-17-10-15(27-3)6-8-19(17)28-4/h5-12H,1-4H3,(H,23,24)(H,25,26). The van der Waals surface area contributed by atoms with Crippen LogP contribution in [0.3, 0.4) is 0 Å². The van der Waals surface area contributed by atoms with Gasteiger partial charge in [-0.2, -0.15) is 0 Å². The van der Waals surface area contributed by atoms with Gasteiger partial charge in [-0.15, -0.1) is 0 Å². The van der Waals surface area contributed by atoms with Crippen molar-refractivity contribution in [2.75, 3.05) is 24.9 Å². The van der Waals surface area contributed by atoms with E-state index in [1.54, 1.807) is 25.3 Å². The van der Waals surface area contributed by atoms with Crippen molar-refractivity contribution in [3.8, 4) is 11.5 Å². The number of aryl methyl sites for hydroxylation is 2. The summed E-state index contributed by atoms with van der Waals surface area (Å²) in [6.45, 7) is 4.06. The Balaban J connectivity index is 1.73. The molecule has 0 aliphatic rings. The third-order valence-corrected chi connectivity index (χ3v) is 4.18. The topological polar surface area (TPSA) is 85.4 Å². The van der Waals surface area contributed by atoms with E-state index in [9.17, 15) is 4.79 Å². The van der Waals surface area contributed by atoms with Crippen LogP contribution in [0.1, 0.15) is 21.6 Å². The molecule has 0 saturated heterocycles. The molecule has 7 nitrogen and oxygen atoms in total. The van der Waals surface area contributed by atoms with Crippen LogP contribution in [0.15, 0.2) is 48.8 Å². The summed E-state index contributed by atoms with van der Waals surface area (Å²) < 4.78 is 10.5. The smallest absolute Gasteiger partial charge is 0.275 e. The summed E-state index contributed by atoms with van der Waals surface area (Å²) in [5.74, 6) is 1.30. The second kappa shape index (κ2) is 8.39. The molecule has 0 radical (unpaired) electrons. The van der Waals surface area contributed by atoms with Gasteiger partial charge in [-0.3, -0.25) is 4.79 Å². The lowest BCUT2D eigenvalue weighted by atomic mass is 10.1. The normalized spacial score (nSPS) is 10.3. The molecule has 2 N–H and O–H groups in total. The van der Waals surface area contributed by atoms with E-state index in [1.807, 2.05) is 26.0 Å². The molecule has 0 spiro atoms. The van der Waals surface area contributed by atoms with Crippen molar-refractivity contribution < 1.29 is 14.3 Å². The Bertz CT molecular complexity index is 987. The van der Waals surface area contributed by atoms with Crippen molar-refractivity contribution in [2.24, 2.45) is 0 Å². The van der Waals surface area contributed by atoms with E-state index < -0.39 is 5.91 Å². The SMILES string of the molecule is COc1ccc(OC)c(NC(=O)c2cnc(Nc3ccc(C)cc3C)cn2)c1.